The number of hydrogen-bond donors (Lipinski definition) is 2. The maximum absolute atomic E-state index is 13.1. The molecule has 0 unspecified atom stereocenters. The Kier molecular flexibility index (Phi) is 5.33. The van der Waals surface area contributed by atoms with E-state index in [1.165, 1.54) is 12.3 Å². The third-order valence-electron chi connectivity index (χ3n) is 2.56. The molecule has 0 aliphatic carbocycles. The smallest absolute Gasteiger partial charge is 0.244 e. The fourth-order valence-corrected chi connectivity index (χ4v) is 1.58. The minimum Gasteiger partial charge on any atom is -0.385 e. The Morgan fingerprint density at radius 2 is 2.10 bits per heavy atom. The van der Waals surface area contributed by atoms with Gasteiger partial charge in [0.25, 0.3) is 0 Å². The Labute approximate surface area is 120 Å². The zero-order chi connectivity index (χ0) is 15.1. The monoisotopic (exact) mass is 295 g/mol. The van der Waals surface area contributed by atoms with Gasteiger partial charge in [0.1, 0.15) is 0 Å². The summed E-state index contributed by atoms with van der Waals surface area (Å²) in [6.07, 6.45) is 2.20. The quantitative estimate of drug-likeness (QED) is 0.764. The molecule has 1 heterocycles. The van der Waals surface area contributed by atoms with Gasteiger partial charge < -0.3 is 15.4 Å². The Morgan fingerprint density at radius 3 is 2.86 bits per heavy atom. The van der Waals surface area contributed by atoms with Crippen molar-refractivity contribution in [3.63, 3.8) is 0 Å². The van der Waals surface area contributed by atoms with Crippen molar-refractivity contribution in [1.29, 1.82) is 0 Å². The van der Waals surface area contributed by atoms with Crippen LogP contribution < -0.4 is 10.6 Å². The van der Waals surface area contributed by atoms with Gasteiger partial charge in [-0.25, -0.2) is 8.78 Å². The topological polar surface area (TPSA) is 72.0 Å². The second kappa shape index (κ2) is 7.44. The summed E-state index contributed by atoms with van der Waals surface area (Å²) >= 11 is 0. The van der Waals surface area contributed by atoms with Gasteiger partial charge in [-0.15, -0.1) is 5.10 Å². The Bertz CT molecular complexity index is 597. The Morgan fingerprint density at radius 1 is 1.24 bits per heavy atom. The van der Waals surface area contributed by atoms with Gasteiger partial charge in [-0.3, -0.25) is 0 Å². The molecular formula is C13H15F2N5O. The van der Waals surface area contributed by atoms with E-state index >= 15 is 0 Å². The molecule has 0 saturated heterocycles. The number of methoxy groups -OCH3 is 1. The van der Waals surface area contributed by atoms with E-state index < -0.39 is 11.6 Å². The number of anilines is 3. The third kappa shape index (κ3) is 4.60. The van der Waals surface area contributed by atoms with Crippen LogP contribution >= 0.6 is 0 Å². The van der Waals surface area contributed by atoms with Gasteiger partial charge in [0.05, 0.1) is 6.20 Å². The maximum Gasteiger partial charge on any atom is 0.244 e. The highest BCUT2D eigenvalue weighted by molar-refractivity contribution is 5.56. The first kappa shape index (κ1) is 15.0. The van der Waals surface area contributed by atoms with E-state index in [-0.39, 0.29) is 0 Å². The van der Waals surface area contributed by atoms with E-state index in [1.54, 1.807) is 7.11 Å². The standard InChI is InChI=1S/C13H15F2N5O/c1-21-6-2-5-16-13-19-12(8-17-20-13)18-9-3-4-10(14)11(15)7-9/h3-4,7-8H,2,5-6H2,1H3,(H2,16,18,19,20). The van der Waals surface area contributed by atoms with Gasteiger partial charge in [0, 0.05) is 32.0 Å². The van der Waals surface area contributed by atoms with E-state index in [0.717, 1.165) is 18.6 Å². The number of aromatic nitrogens is 3. The third-order valence-corrected chi connectivity index (χ3v) is 2.56. The van der Waals surface area contributed by atoms with E-state index in [4.69, 9.17) is 4.74 Å². The van der Waals surface area contributed by atoms with Crippen LogP contribution in [0.3, 0.4) is 0 Å². The molecule has 0 aliphatic rings. The predicted molar refractivity (Wildman–Crippen MR) is 74.5 cm³/mol. The van der Waals surface area contributed by atoms with Gasteiger partial charge >= 0.3 is 0 Å². The first-order valence-electron chi connectivity index (χ1n) is 6.33. The first-order valence-corrected chi connectivity index (χ1v) is 6.33. The average Bonchev–Trinajstić information content (AvgIpc) is 2.48. The Balaban J connectivity index is 1.98. The minimum absolute atomic E-state index is 0.346. The zero-order valence-corrected chi connectivity index (χ0v) is 11.4. The van der Waals surface area contributed by atoms with Crippen LogP contribution in [0.15, 0.2) is 24.4 Å². The van der Waals surface area contributed by atoms with Crippen molar-refractivity contribution in [2.24, 2.45) is 0 Å². The lowest BCUT2D eigenvalue weighted by Crippen LogP contribution is -2.09. The van der Waals surface area contributed by atoms with Crippen molar-refractivity contribution in [1.82, 2.24) is 15.2 Å². The molecule has 21 heavy (non-hydrogen) atoms. The van der Waals surface area contributed by atoms with Crippen LogP contribution in [0.5, 0.6) is 0 Å². The summed E-state index contributed by atoms with van der Waals surface area (Å²) in [5.41, 5.74) is 0.375. The summed E-state index contributed by atoms with van der Waals surface area (Å²) in [7, 11) is 1.63. The van der Waals surface area contributed by atoms with Gasteiger partial charge in [0.2, 0.25) is 5.95 Å². The highest BCUT2D eigenvalue weighted by atomic mass is 19.2. The fourth-order valence-electron chi connectivity index (χ4n) is 1.58. The van der Waals surface area contributed by atoms with Crippen LogP contribution in [0.1, 0.15) is 6.42 Å². The molecule has 2 rings (SSSR count). The van der Waals surface area contributed by atoms with Crippen LogP contribution in [0.25, 0.3) is 0 Å². The molecule has 2 N–H and O–H groups in total. The zero-order valence-electron chi connectivity index (χ0n) is 11.4. The van der Waals surface area contributed by atoms with Crippen molar-refractivity contribution in [3.8, 4) is 0 Å². The molecule has 0 amide bonds. The number of ether oxygens (including phenoxy) is 1. The summed E-state index contributed by atoms with van der Waals surface area (Å²) in [5, 5.41) is 13.4. The molecule has 0 aliphatic heterocycles. The molecule has 1 aromatic carbocycles. The second-order valence-electron chi connectivity index (χ2n) is 4.19. The van der Waals surface area contributed by atoms with Crippen LogP contribution in [0.4, 0.5) is 26.2 Å². The van der Waals surface area contributed by atoms with E-state index in [9.17, 15) is 8.78 Å². The number of hydrogen-bond acceptors (Lipinski definition) is 6. The normalized spacial score (nSPS) is 10.4. The summed E-state index contributed by atoms with van der Waals surface area (Å²) in [5.74, 6) is -1.11. The lowest BCUT2D eigenvalue weighted by Gasteiger charge is -2.07. The van der Waals surface area contributed by atoms with Gasteiger partial charge in [-0.2, -0.15) is 10.1 Å². The lowest BCUT2D eigenvalue weighted by molar-refractivity contribution is 0.197. The van der Waals surface area contributed by atoms with Gasteiger partial charge in [-0.05, 0) is 18.6 Å². The molecule has 0 spiro atoms. The lowest BCUT2D eigenvalue weighted by atomic mass is 10.3. The minimum atomic E-state index is -0.931. The molecule has 0 bridgehead atoms. The molecule has 0 radical (unpaired) electrons. The molecular weight excluding hydrogens is 280 g/mol. The molecule has 8 heteroatoms. The van der Waals surface area contributed by atoms with Crippen molar-refractivity contribution >= 4 is 17.5 Å². The molecule has 0 saturated carbocycles. The highest BCUT2D eigenvalue weighted by Gasteiger charge is 2.04. The number of rotatable bonds is 7. The van der Waals surface area contributed by atoms with Crippen LogP contribution in [0.2, 0.25) is 0 Å². The summed E-state index contributed by atoms with van der Waals surface area (Å²) in [6, 6.07) is 3.49. The van der Waals surface area contributed by atoms with Gasteiger partial charge in [-0.1, -0.05) is 0 Å². The van der Waals surface area contributed by atoms with E-state index in [1.807, 2.05) is 0 Å². The van der Waals surface area contributed by atoms with Crippen molar-refractivity contribution in [2.75, 3.05) is 30.9 Å². The Hall–Kier alpha value is -2.35. The first-order chi connectivity index (χ1) is 10.2. The maximum atomic E-state index is 13.1. The molecule has 0 atom stereocenters. The summed E-state index contributed by atoms with van der Waals surface area (Å²) < 4.78 is 30.9. The molecule has 6 nitrogen and oxygen atoms in total. The summed E-state index contributed by atoms with van der Waals surface area (Å²) in [4.78, 5) is 4.16. The van der Waals surface area contributed by atoms with E-state index in [2.05, 4.69) is 25.8 Å². The van der Waals surface area contributed by atoms with Crippen molar-refractivity contribution < 1.29 is 13.5 Å². The number of halogens is 2. The average molecular weight is 295 g/mol. The summed E-state index contributed by atoms with van der Waals surface area (Å²) in [6.45, 7) is 1.28. The molecule has 2 aromatic rings. The van der Waals surface area contributed by atoms with Crippen molar-refractivity contribution in [3.05, 3.63) is 36.0 Å². The second-order valence-corrected chi connectivity index (χ2v) is 4.19. The number of nitrogens with one attached hydrogen (secondary N) is 2. The van der Waals surface area contributed by atoms with Crippen molar-refractivity contribution in [2.45, 2.75) is 6.42 Å². The predicted octanol–water partition coefficient (Wildman–Crippen LogP) is 2.34. The fraction of sp³-hybridized carbons (Fsp3) is 0.308. The molecule has 1 aromatic heterocycles. The van der Waals surface area contributed by atoms with Crippen LogP contribution in [0, 0.1) is 11.6 Å². The highest BCUT2D eigenvalue weighted by Crippen LogP contribution is 2.17. The van der Waals surface area contributed by atoms with Gasteiger partial charge in [0.15, 0.2) is 17.5 Å². The number of benzene rings is 1. The van der Waals surface area contributed by atoms with Crippen LogP contribution in [-0.2, 0) is 4.74 Å². The SMILES string of the molecule is COCCCNc1nncc(Nc2ccc(F)c(F)c2)n1. The largest absolute Gasteiger partial charge is 0.385 e. The molecule has 0 fully saturated rings. The number of nitrogens with zero attached hydrogens (tertiary/aromatic N) is 3. The van der Waals surface area contributed by atoms with E-state index in [0.29, 0.717) is 30.6 Å². The molecule has 112 valence electrons. The van der Waals surface area contributed by atoms with Crippen LogP contribution in [-0.4, -0.2) is 35.4 Å².